The number of nitrogens with one attached hydrogen (secondary N) is 2. The van der Waals surface area contributed by atoms with Crippen LogP contribution in [0.25, 0.3) is 0 Å². The molecule has 0 unspecified atom stereocenters. The lowest BCUT2D eigenvalue weighted by molar-refractivity contribution is -0.117. The van der Waals surface area contributed by atoms with Crippen molar-refractivity contribution in [2.75, 3.05) is 5.32 Å². The van der Waals surface area contributed by atoms with Crippen molar-refractivity contribution in [2.45, 2.75) is 32.7 Å². The molecule has 0 bridgehead atoms. The van der Waals surface area contributed by atoms with Crippen LogP contribution in [0.3, 0.4) is 0 Å². The van der Waals surface area contributed by atoms with Crippen molar-refractivity contribution in [1.82, 2.24) is 5.32 Å². The molecule has 1 atom stereocenters. The first-order chi connectivity index (χ1) is 8.52. The van der Waals surface area contributed by atoms with Crippen LogP contribution in [0.15, 0.2) is 24.3 Å². The van der Waals surface area contributed by atoms with Crippen LogP contribution in [-0.2, 0) is 11.2 Å². The van der Waals surface area contributed by atoms with Gasteiger partial charge in [-0.25, -0.2) is 4.79 Å². The quantitative estimate of drug-likeness (QED) is 0.741. The lowest BCUT2D eigenvalue weighted by Crippen LogP contribution is -2.44. The summed E-state index contributed by atoms with van der Waals surface area (Å²) in [5, 5.41) is 5.03. The monoisotopic (exact) mass is 249 g/mol. The average molecular weight is 249 g/mol. The Morgan fingerprint density at radius 3 is 2.39 bits per heavy atom. The number of carbonyl (C=O) groups excluding carboxylic acids is 2. The fourth-order valence-corrected chi connectivity index (χ4v) is 1.57. The van der Waals surface area contributed by atoms with Gasteiger partial charge < -0.3 is 16.4 Å². The van der Waals surface area contributed by atoms with Gasteiger partial charge in [-0.05, 0) is 31.0 Å². The van der Waals surface area contributed by atoms with Crippen molar-refractivity contribution in [3.63, 3.8) is 0 Å². The Labute approximate surface area is 107 Å². The Balaban J connectivity index is 2.56. The fourth-order valence-electron chi connectivity index (χ4n) is 1.57. The molecule has 0 saturated carbocycles. The highest BCUT2D eigenvalue weighted by Crippen LogP contribution is 2.11. The number of rotatable bonds is 5. The van der Waals surface area contributed by atoms with Crippen LogP contribution in [0.5, 0.6) is 0 Å². The van der Waals surface area contributed by atoms with Crippen molar-refractivity contribution in [1.29, 1.82) is 0 Å². The molecule has 0 aromatic heterocycles. The summed E-state index contributed by atoms with van der Waals surface area (Å²) in [6.07, 6.45) is 2.11. The normalized spacial score (nSPS) is 11.7. The molecule has 5 heteroatoms. The molecule has 0 aliphatic heterocycles. The van der Waals surface area contributed by atoms with Crippen LogP contribution in [0, 0.1) is 0 Å². The number of hydrogen-bond acceptors (Lipinski definition) is 2. The van der Waals surface area contributed by atoms with Gasteiger partial charge in [0.25, 0.3) is 0 Å². The topological polar surface area (TPSA) is 84.2 Å². The minimum Gasteiger partial charge on any atom is -0.352 e. The number of anilines is 1. The standard InChI is InChI=1S/C13H19N3O2/c1-3-4-10-5-7-11(8-6-10)16-12(17)9(2)15-13(14)18/h5-9H,3-4H2,1-2H3,(H,16,17)(H3,14,15,18)/t9-/m1/s1. The number of benzene rings is 1. The second-order valence-electron chi connectivity index (χ2n) is 4.17. The Bertz CT molecular complexity index is 415. The first kappa shape index (κ1) is 14.0. The van der Waals surface area contributed by atoms with E-state index in [1.54, 1.807) is 6.92 Å². The molecule has 0 aliphatic rings. The zero-order valence-electron chi connectivity index (χ0n) is 10.7. The molecular weight excluding hydrogens is 230 g/mol. The number of urea groups is 1. The van der Waals surface area contributed by atoms with Crippen LogP contribution in [0.4, 0.5) is 10.5 Å². The number of carbonyl (C=O) groups is 2. The molecule has 0 aliphatic carbocycles. The highest BCUT2D eigenvalue weighted by atomic mass is 16.2. The first-order valence-corrected chi connectivity index (χ1v) is 5.98. The van der Waals surface area contributed by atoms with Crippen molar-refractivity contribution in [3.05, 3.63) is 29.8 Å². The molecule has 5 nitrogen and oxygen atoms in total. The number of nitrogens with two attached hydrogens (primary N) is 1. The van der Waals surface area contributed by atoms with Crippen LogP contribution < -0.4 is 16.4 Å². The summed E-state index contributed by atoms with van der Waals surface area (Å²) in [7, 11) is 0. The van der Waals surface area contributed by atoms with E-state index in [4.69, 9.17) is 5.73 Å². The second kappa shape index (κ2) is 6.64. The van der Waals surface area contributed by atoms with E-state index >= 15 is 0 Å². The third-order valence-electron chi connectivity index (χ3n) is 2.51. The maximum absolute atomic E-state index is 11.7. The van der Waals surface area contributed by atoms with Gasteiger partial charge in [-0.3, -0.25) is 4.79 Å². The van der Waals surface area contributed by atoms with Gasteiger partial charge in [0.1, 0.15) is 6.04 Å². The summed E-state index contributed by atoms with van der Waals surface area (Å²) in [5.74, 6) is -0.294. The summed E-state index contributed by atoms with van der Waals surface area (Å²) >= 11 is 0. The Morgan fingerprint density at radius 1 is 1.28 bits per heavy atom. The van der Waals surface area contributed by atoms with E-state index in [-0.39, 0.29) is 5.91 Å². The summed E-state index contributed by atoms with van der Waals surface area (Å²) in [4.78, 5) is 22.3. The molecule has 98 valence electrons. The molecule has 18 heavy (non-hydrogen) atoms. The molecule has 0 heterocycles. The summed E-state index contributed by atoms with van der Waals surface area (Å²) in [6.45, 7) is 3.69. The van der Waals surface area contributed by atoms with E-state index in [0.29, 0.717) is 5.69 Å². The number of primary amides is 1. The Hall–Kier alpha value is -2.04. The molecule has 1 aromatic carbocycles. The van der Waals surface area contributed by atoms with E-state index in [0.717, 1.165) is 12.8 Å². The van der Waals surface area contributed by atoms with Crippen molar-refractivity contribution >= 4 is 17.6 Å². The number of hydrogen-bond donors (Lipinski definition) is 3. The second-order valence-corrected chi connectivity index (χ2v) is 4.17. The van der Waals surface area contributed by atoms with E-state index in [1.807, 2.05) is 24.3 Å². The van der Waals surface area contributed by atoms with Crippen LogP contribution in [-0.4, -0.2) is 18.0 Å². The van der Waals surface area contributed by atoms with Crippen molar-refractivity contribution in [3.8, 4) is 0 Å². The summed E-state index contributed by atoms with van der Waals surface area (Å²) in [6, 6.07) is 6.28. The molecule has 1 aromatic rings. The summed E-state index contributed by atoms with van der Waals surface area (Å²) < 4.78 is 0. The third kappa shape index (κ3) is 4.45. The van der Waals surface area contributed by atoms with Crippen LogP contribution in [0.2, 0.25) is 0 Å². The van der Waals surface area contributed by atoms with Gasteiger partial charge in [0, 0.05) is 5.69 Å². The average Bonchev–Trinajstić information content (AvgIpc) is 2.31. The van der Waals surface area contributed by atoms with Gasteiger partial charge in [-0.2, -0.15) is 0 Å². The number of aryl methyl sites for hydroxylation is 1. The molecule has 1 rings (SSSR count). The molecule has 4 N–H and O–H groups in total. The highest BCUT2D eigenvalue weighted by molar-refractivity contribution is 5.96. The Kier molecular flexibility index (Phi) is 5.17. The predicted molar refractivity (Wildman–Crippen MR) is 71.2 cm³/mol. The first-order valence-electron chi connectivity index (χ1n) is 5.98. The smallest absolute Gasteiger partial charge is 0.312 e. The van der Waals surface area contributed by atoms with Crippen LogP contribution in [0.1, 0.15) is 25.8 Å². The van der Waals surface area contributed by atoms with E-state index in [1.165, 1.54) is 5.56 Å². The largest absolute Gasteiger partial charge is 0.352 e. The van der Waals surface area contributed by atoms with Gasteiger partial charge in [0.2, 0.25) is 5.91 Å². The fraction of sp³-hybridized carbons (Fsp3) is 0.385. The SMILES string of the molecule is CCCc1ccc(NC(=O)[C@@H](C)NC(N)=O)cc1. The molecule has 0 spiro atoms. The predicted octanol–water partition coefficient (Wildman–Crippen LogP) is 1.63. The van der Waals surface area contributed by atoms with E-state index in [2.05, 4.69) is 17.6 Å². The van der Waals surface area contributed by atoms with Gasteiger partial charge in [0.05, 0.1) is 0 Å². The molecule has 3 amide bonds. The molecule has 0 radical (unpaired) electrons. The summed E-state index contributed by atoms with van der Waals surface area (Å²) in [5.41, 5.74) is 6.89. The highest BCUT2D eigenvalue weighted by Gasteiger charge is 2.13. The maximum Gasteiger partial charge on any atom is 0.312 e. The van der Waals surface area contributed by atoms with Gasteiger partial charge in [-0.1, -0.05) is 25.5 Å². The van der Waals surface area contributed by atoms with Crippen LogP contribution >= 0.6 is 0 Å². The van der Waals surface area contributed by atoms with E-state index < -0.39 is 12.1 Å². The maximum atomic E-state index is 11.7. The molecular formula is C13H19N3O2. The molecule has 0 fully saturated rings. The lowest BCUT2D eigenvalue weighted by atomic mass is 10.1. The molecule has 0 saturated heterocycles. The Morgan fingerprint density at radius 2 is 1.89 bits per heavy atom. The minimum atomic E-state index is -0.712. The lowest BCUT2D eigenvalue weighted by Gasteiger charge is -2.12. The van der Waals surface area contributed by atoms with Gasteiger partial charge in [-0.15, -0.1) is 0 Å². The zero-order chi connectivity index (χ0) is 13.5. The van der Waals surface area contributed by atoms with Gasteiger partial charge in [0.15, 0.2) is 0 Å². The zero-order valence-corrected chi connectivity index (χ0v) is 10.7. The third-order valence-corrected chi connectivity index (χ3v) is 2.51. The minimum absolute atomic E-state index is 0.294. The van der Waals surface area contributed by atoms with Gasteiger partial charge >= 0.3 is 6.03 Å². The number of amides is 3. The van der Waals surface area contributed by atoms with E-state index in [9.17, 15) is 9.59 Å². The van der Waals surface area contributed by atoms with Crippen molar-refractivity contribution in [2.24, 2.45) is 5.73 Å². The van der Waals surface area contributed by atoms with Crippen molar-refractivity contribution < 1.29 is 9.59 Å².